The van der Waals surface area contributed by atoms with Gasteiger partial charge in [0.05, 0.1) is 7.11 Å². The number of rotatable bonds is 2. The number of benzene rings is 1. The predicted molar refractivity (Wildman–Crippen MR) is 59.7 cm³/mol. The van der Waals surface area contributed by atoms with Crippen LogP contribution in [0.4, 0.5) is 0 Å². The number of hydrogen-bond donors (Lipinski definition) is 0. The van der Waals surface area contributed by atoms with E-state index in [1.807, 2.05) is 0 Å². The molecule has 0 aliphatic heterocycles. The molecule has 1 aromatic rings. The van der Waals surface area contributed by atoms with Crippen LogP contribution in [0.2, 0.25) is 5.02 Å². The molecule has 0 heterocycles. The van der Waals surface area contributed by atoms with Crippen molar-refractivity contribution < 1.29 is 9.53 Å². The first-order chi connectivity index (χ1) is 6.48. The summed E-state index contributed by atoms with van der Waals surface area (Å²) >= 11 is 9.07. The second-order valence-corrected chi connectivity index (χ2v) is 5.02. The zero-order valence-electron chi connectivity index (χ0n) is 7.88. The molecule has 0 radical (unpaired) electrons. The van der Waals surface area contributed by atoms with Crippen molar-refractivity contribution in [1.29, 1.82) is 0 Å². The average molecular weight is 278 g/mol. The molecular weight excluding hydrogens is 267 g/mol. The summed E-state index contributed by atoms with van der Waals surface area (Å²) in [6, 6.07) is 7.04. The predicted octanol–water partition coefficient (Wildman–Crippen LogP) is 3.12. The van der Waals surface area contributed by atoms with Crippen LogP contribution in [0.15, 0.2) is 24.3 Å². The highest BCUT2D eigenvalue weighted by molar-refractivity contribution is 9.10. The fourth-order valence-electron chi connectivity index (χ4n) is 1.07. The standard InChI is InChI=1S/C10H10BrClO2/c1-10(11,9(13)14-2)7-3-5-8(12)6-4-7/h3-6H,1-2H3/t10-/m0/s1. The fourth-order valence-corrected chi connectivity index (χ4v) is 1.62. The first-order valence-corrected chi connectivity index (χ1v) is 5.19. The number of ether oxygens (including phenoxy) is 1. The van der Waals surface area contributed by atoms with Gasteiger partial charge in [-0.15, -0.1) is 0 Å². The summed E-state index contributed by atoms with van der Waals surface area (Å²) < 4.78 is 3.87. The van der Waals surface area contributed by atoms with Gasteiger partial charge in [-0.1, -0.05) is 39.7 Å². The highest BCUT2D eigenvalue weighted by Crippen LogP contribution is 2.32. The lowest BCUT2D eigenvalue weighted by Crippen LogP contribution is -2.26. The molecule has 14 heavy (non-hydrogen) atoms. The molecule has 0 aliphatic carbocycles. The summed E-state index contributed by atoms with van der Waals surface area (Å²) in [6.07, 6.45) is 0. The Hall–Kier alpha value is -0.540. The van der Waals surface area contributed by atoms with Gasteiger partial charge in [0.2, 0.25) is 0 Å². The monoisotopic (exact) mass is 276 g/mol. The number of alkyl halides is 1. The molecular formula is C10H10BrClO2. The Bertz CT molecular complexity index is 332. The van der Waals surface area contributed by atoms with E-state index >= 15 is 0 Å². The zero-order chi connectivity index (χ0) is 10.8. The van der Waals surface area contributed by atoms with Crippen LogP contribution >= 0.6 is 27.5 Å². The Morgan fingerprint density at radius 2 is 1.93 bits per heavy atom. The van der Waals surface area contributed by atoms with Crippen molar-refractivity contribution in [2.24, 2.45) is 0 Å². The van der Waals surface area contributed by atoms with Crippen molar-refractivity contribution in [3.63, 3.8) is 0 Å². The number of carbonyl (C=O) groups excluding carboxylic acids is 1. The van der Waals surface area contributed by atoms with E-state index in [0.29, 0.717) is 5.02 Å². The van der Waals surface area contributed by atoms with Gasteiger partial charge in [-0.2, -0.15) is 0 Å². The molecule has 1 rings (SSSR count). The Balaban J connectivity index is 3.03. The second-order valence-electron chi connectivity index (χ2n) is 3.00. The van der Waals surface area contributed by atoms with Crippen molar-refractivity contribution in [1.82, 2.24) is 0 Å². The number of methoxy groups -OCH3 is 1. The maximum Gasteiger partial charge on any atom is 0.326 e. The van der Waals surface area contributed by atoms with Gasteiger partial charge in [-0.25, -0.2) is 0 Å². The Morgan fingerprint density at radius 3 is 2.36 bits per heavy atom. The van der Waals surface area contributed by atoms with Crippen molar-refractivity contribution in [3.05, 3.63) is 34.9 Å². The highest BCUT2D eigenvalue weighted by atomic mass is 79.9. The van der Waals surface area contributed by atoms with Crippen LogP contribution in [-0.2, 0) is 13.9 Å². The molecule has 2 nitrogen and oxygen atoms in total. The molecule has 0 spiro atoms. The number of carbonyl (C=O) groups is 1. The summed E-state index contributed by atoms with van der Waals surface area (Å²) in [5.41, 5.74) is 0.814. The molecule has 0 bridgehead atoms. The smallest absolute Gasteiger partial charge is 0.326 e. The molecule has 0 N–H and O–H groups in total. The van der Waals surface area contributed by atoms with Gasteiger partial charge in [-0.3, -0.25) is 4.79 Å². The third kappa shape index (κ3) is 2.28. The lowest BCUT2D eigenvalue weighted by Gasteiger charge is -2.19. The number of esters is 1. The van der Waals surface area contributed by atoms with Crippen LogP contribution in [0.25, 0.3) is 0 Å². The third-order valence-electron chi connectivity index (χ3n) is 1.96. The van der Waals surface area contributed by atoms with Gasteiger partial charge >= 0.3 is 5.97 Å². The van der Waals surface area contributed by atoms with Crippen LogP contribution in [0.3, 0.4) is 0 Å². The van der Waals surface area contributed by atoms with E-state index in [2.05, 4.69) is 20.7 Å². The highest BCUT2D eigenvalue weighted by Gasteiger charge is 2.32. The molecule has 0 amide bonds. The summed E-state index contributed by atoms with van der Waals surface area (Å²) in [7, 11) is 1.36. The maximum absolute atomic E-state index is 11.4. The minimum absolute atomic E-state index is 0.333. The molecule has 0 saturated carbocycles. The van der Waals surface area contributed by atoms with E-state index in [1.165, 1.54) is 7.11 Å². The quantitative estimate of drug-likeness (QED) is 0.613. The van der Waals surface area contributed by atoms with Gasteiger partial charge in [0.15, 0.2) is 0 Å². The Morgan fingerprint density at radius 1 is 1.43 bits per heavy atom. The molecule has 1 atom stereocenters. The molecule has 0 aromatic heterocycles. The normalized spacial score (nSPS) is 14.6. The maximum atomic E-state index is 11.4. The molecule has 1 aromatic carbocycles. The molecule has 0 unspecified atom stereocenters. The van der Waals surface area contributed by atoms with Gasteiger partial charge in [0.25, 0.3) is 0 Å². The zero-order valence-corrected chi connectivity index (χ0v) is 10.2. The topological polar surface area (TPSA) is 26.3 Å². The van der Waals surface area contributed by atoms with Crippen molar-refractivity contribution >= 4 is 33.5 Å². The average Bonchev–Trinajstić information content (AvgIpc) is 2.17. The van der Waals surface area contributed by atoms with Gasteiger partial charge < -0.3 is 4.74 Å². The van der Waals surface area contributed by atoms with Crippen LogP contribution in [0.1, 0.15) is 12.5 Å². The lowest BCUT2D eigenvalue weighted by atomic mass is 10.0. The summed E-state index contributed by atoms with van der Waals surface area (Å²) in [4.78, 5) is 11.4. The fraction of sp³-hybridized carbons (Fsp3) is 0.300. The van der Waals surface area contributed by atoms with E-state index < -0.39 is 4.32 Å². The van der Waals surface area contributed by atoms with E-state index in [0.717, 1.165) is 5.56 Å². The summed E-state index contributed by atoms with van der Waals surface area (Å²) in [6.45, 7) is 1.74. The molecule has 0 fully saturated rings. The van der Waals surface area contributed by atoms with Crippen molar-refractivity contribution in [2.45, 2.75) is 11.2 Å². The Labute approximate surface area is 96.3 Å². The lowest BCUT2D eigenvalue weighted by molar-refractivity contribution is -0.143. The van der Waals surface area contributed by atoms with E-state index in [1.54, 1.807) is 31.2 Å². The van der Waals surface area contributed by atoms with Gasteiger partial charge in [0, 0.05) is 5.02 Å². The van der Waals surface area contributed by atoms with Crippen molar-refractivity contribution in [3.8, 4) is 0 Å². The van der Waals surface area contributed by atoms with E-state index in [4.69, 9.17) is 11.6 Å². The molecule has 0 aliphatic rings. The minimum atomic E-state index is -0.813. The molecule has 76 valence electrons. The van der Waals surface area contributed by atoms with Crippen LogP contribution < -0.4 is 0 Å². The van der Waals surface area contributed by atoms with Crippen LogP contribution in [-0.4, -0.2) is 13.1 Å². The summed E-state index contributed by atoms with van der Waals surface area (Å²) in [5.74, 6) is -0.333. The first kappa shape index (κ1) is 11.5. The molecule has 0 saturated heterocycles. The second kappa shape index (κ2) is 4.32. The minimum Gasteiger partial charge on any atom is -0.468 e. The third-order valence-corrected chi connectivity index (χ3v) is 2.99. The van der Waals surface area contributed by atoms with Crippen molar-refractivity contribution in [2.75, 3.05) is 7.11 Å². The number of hydrogen-bond acceptors (Lipinski definition) is 2. The Kier molecular flexibility index (Phi) is 3.56. The van der Waals surface area contributed by atoms with E-state index in [-0.39, 0.29) is 5.97 Å². The largest absolute Gasteiger partial charge is 0.468 e. The summed E-state index contributed by atoms with van der Waals surface area (Å²) in [5, 5.41) is 0.641. The SMILES string of the molecule is COC(=O)[C@@](C)(Br)c1ccc(Cl)cc1. The van der Waals surface area contributed by atoms with E-state index in [9.17, 15) is 4.79 Å². The van der Waals surface area contributed by atoms with Gasteiger partial charge in [0.1, 0.15) is 4.32 Å². The molecule has 4 heteroatoms. The first-order valence-electron chi connectivity index (χ1n) is 4.02. The number of halogens is 2. The van der Waals surface area contributed by atoms with Crippen LogP contribution in [0.5, 0.6) is 0 Å². The van der Waals surface area contributed by atoms with Gasteiger partial charge in [-0.05, 0) is 24.6 Å². The van der Waals surface area contributed by atoms with Crippen LogP contribution in [0, 0.1) is 0 Å².